The monoisotopic (exact) mass is 296 g/mol. The first kappa shape index (κ1) is 16.6. The molecule has 2 heteroatoms. The van der Waals surface area contributed by atoms with Crippen LogP contribution >= 0.6 is 0 Å². The minimum Gasteiger partial charge on any atom is -0.378 e. The standard InChI is InChI=1S/C20H28N2/c1-14-10-15(2)20(16(3)11-14)12-18(13-21)17-6-8-19(9-7-17)22(4)5/h6-11,18H,12-13,21H2,1-5H3. The first-order valence-corrected chi connectivity index (χ1v) is 7.96. The van der Waals surface area contributed by atoms with Gasteiger partial charge >= 0.3 is 0 Å². The molecular formula is C20H28N2. The van der Waals surface area contributed by atoms with Crippen molar-refractivity contribution in [2.75, 3.05) is 25.5 Å². The van der Waals surface area contributed by atoms with Gasteiger partial charge in [0.2, 0.25) is 0 Å². The largest absolute Gasteiger partial charge is 0.378 e. The molecule has 0 amide bonds. The van der Waals surface area contributed by atoms with Crippen molar-refractivity contribution in [3.05, 3.63) is 64.2 Å². The van der Waals surface area contributed by atoms with Crippen molar-refractivity contribution in [2.24, 2.45) is 5.73 Å². The van der Waals surface area contributed by atoms with Crippen molar-refractivity contribution in [2.45, 2.75) is 33.1 Å². The summed E-state index contributed by atoms with van der Waals surface area (Å²) in [5.74, 6) is 0.372. The first-order valence-electron chi connectivity index (χ1n) is 7.96. The van der Waals surface area contributed by atoms with E-state index >= 15 is 0 Å². The van der Waals surface area contributed by atoms with Crippen LogP contribution in [0.2, 0.25) is 0 Å². The van der Waals surface area contributed by atoms with Gasteiger partial charge in [0.05, 0.1) is 0 Å². The molecule has 22 heavy (non-hydrogen) atoms. The molecule has 2 N–H and O–H groups in total. The zero-order chi connectivity index (χ0) is 16.3. The molecule has 0 spiro atoms. The summed E-state index contributed by atoms with van der Waals surface area (Å²) in [7, 11) is 4.13. The van der Waals surface area contributed by atoms with Crippen LogP contribution < -0.4 is 10.6 Å². The van der Waals surface area contributed by atoms with E-state index in [2.05, 4.69) is 76.2 Å². The van der Waals surface area contributed by atoms with Gasteiger partial charge in [-0.2, -0.15) is 0 Å². The second-order valence-electron chi connectivity index (χ2n) is 6.50. The summed E-state index contributed by atoms with van der Waals surface area (Å²) in [5, 5.41) is 0. The Labute approximate surface area is 135 Å². The lowest BCUT2D eigenvalue weighted by molar-refractivity contribution is 0.689. The quantitative estimate of drug-likeness (QED) is 0.905. The lowest BCUT2D eigenvalue weighted by atomic mass is 9.87. The summed E-state index contributed by atoms with van der Waals surface area (Å²) >= 11 is 0. The van der Waals surface area contributed by atoms with Crippen LogP contribution in [-0.4, -0.2) is 20.6 Å². The van der Waals surface area contributed by atoms with Gasteiger partial charge in [-0.1, -0.05) is 29.8 Å². The highest BCUT2D eigenvalue weighted by Crippen LogP contribution is 2.26. The van der Waals surface area contributed by atoms with Gasteiger partial charge in [-0.05, 0) is 68.1 Å². The Morgan fingerprint density at radius 1 is 0.955 bits per heavy atom. The number of aryl methyl sites for hydroxylation is 3. The fourth-order valence-electron chi connectivity index (χ4n) is 3.16. The van der Waals surface area contributed by atoms with Crippen molar-refractivity contribution in [1.82, 2.24) is 0 Å². The fourth-order valence-corrected chi connectivity index (χ4v) is 3.16. The fraction of sp³-hybridized carbons (Fsp3) is 0.400. The molecule has 0 radical (unpaired) electrons. The number of hydrogen-bond acceptors (Lipinski definition) is 2. The van der Waals surface area contributed by atoms with Crippen molar-refractivity contribution in [3.8, 4) is 0 Å². The molecule has 2 nitrogen and oxygen atoms in total. The molecule has 0 aliphatic heterocycles. The van der Waals surface area contributed by atoms with Gasteiger partial charge in [-0.15, -0.1) is 0 Å². The Bertz CT molecular complexity index is 604. The van der Waals surface area contributed by atoms with Crippen molar-refractivity contribution in [3.63, 3.8) is 0 Å². The summed E-state index contributed by atoms with van der Waals surface area (Å²) < 4.78 is 0. The highest BCUT2D eigenvalue weighted by atomic mass is 15.1. The Morgan fingerprint density at radius 2 is 1.50 bits per heavy atom. The van der Waals surface area contributed by atoms with E-state index < -0.39 is 0 Å². The van der Waals surface area contributed by atoms with Crippen molar-refractivity contribution < 1.29 is 0 Å². The minimum atomic E-state index is 0.372. The molecule has 0 aliphatic rings. The zero-order valence-electron chi connectivity index (χ0n) is 14.5. The normalized spacial score (nSPS) is 12.3. The van der Waals surface area contributed by atoms with Gasteiger partial charge < -0.3 is 10.6 Å². The van der Waals surface area contributed by atoms with Crippen molar-refractivity contribution in [1.29, 1.82) is 0 Å². The average molecular weight is 296 g/mol. The van der Waals surface area contributed by atoms with Gasteiger partial charge in [-0.25, -0.2) is 0 Å². The summed E-state index contributed by atoms with van der Waals surface area (Å²) in [6.07, 6.45) is 1.01. The van der Waals surface area contributed by atoms with Crippen LogP contribution in [0.5, 0.6) is 0 Å². The average Bonchev–Trinajstić information content (AvgIpc) is 2.47. The third-order valence-electron chi connectivity index (χ3n) is 4.46. The molecule has 0 saturated carbocycles. The minimum absolute atomic E-state index is 0.372. The topological polar surface area (TPSA) is 29.3 Å². The van der Waals surface area contributed by atoms with Gasteiger partial charge in [0, 0.05) is 25.7 Å². The van der Waals surface area contributed by atoms with Crippen LogP contribution in [0.25, 0.3) is 0 Å². The van der Waals surface area contributed by atoms with E-state index in [0.717, 1.165) is 6.42 Å². The number of anilines is 1. The maximum absolute atomic E-state index is 6.07. The summed E-state index contributed by atoms with van der Waals surface area (Å²) in [6, 6.07) is 13.3. The summed E-state index contributed by atoms with van der Waals surface area (Å²) in [4.78, 5) is 2.12. The Hall–Kier alpha value is -1.80. The van der Waals surface area contributed by atoms with Crippen LogP contribution in [0.3, 0.4) is 0 Å². The molecule has 0 bridgehead atoms. The van der Waals surface area contributed by atoms with Gasteiger partial charge in [0.15, 0.2) is 0 Å². The van der Waals surface area contributed by atoms with Crippen LogP contribution in [-0.2, 0) is 6.42 Å². The predicted molar refractivity (Wildman–Crippen MR) is 96.9 cm³/mol. The highest BCUT2D eigenvalue weighted by Gasteiger charge is 2.14. The second kappa shape index (κ2) is 6.97. The molecule has 2 rings (SSSR count). The maximum Gasteiger partial charge on any atom is 0.0361 e. The van der Waals surface area contributed by atoms with E-state index in [9.17, 15) is 0 Å². The molecule has 118 valence electrons. The lowest BCUT2D eigenvalue weighted by Gasteiger charge is -2.20. The summed E-state index contributed by atoms with van der Waals surface area (Å²) in [6.45, 7) is 7.24. The molecule has 0 saturated heterocycles. The van der Waals surface area contributed by atoms with E-state index in [1.807, 2.05) is 0 Å². The van der Waals surface area contributed by atoms with E-state index in [4.69, 9.17) is 5.73 Å². The third kappa shape index (κ3) is 3.69. The maximum atomic E-state index is 6.07. The highest BCUT2D eigenvalue weighted by molar-refractivity contribution is 5.47. The van der Waals surface area contributed by atoms with Crippen LogP contribution in [0.1, 0.15) is 33.7 Å². The van der Waals surface area contributed by atoms with Gasteiger partial charge in [0.1, 0.15) is 0 Å². The molecule has 0 heterocycles. The lowest BCUT2D eigenvalue weighted by Crippen LogP contribution is -2.16. The van der Waals surface area contributed by atoms with Gasteiger partial charge in [0.25, 0.3) is 0 Å². The molecule has 0 aromatic heterocycles. The molecule has 1 atom stereocenters. The van der Waals surface area contributed by atoms with Gasteiger partial charge in [-0.3, -0.25) is 0 Å². The Morgan fingerprint density at radius 3 is 1.95 bits per heavy atom. The van der Waals surface area contributed by atoms with Crippen molar-refractivity contribution >= 4 is 5.69 Å². The van der Waals surface area contributed by atoms with E-state index in [0.29, 0.717) is 12.5 Å². The van der Waals surface area contributed by atoms with Crippen LogP contribution in [0.4, 0.5) is 5.69 Å². The molecule has 0 fully saturated rings. The first-order chi connectivity index (χ1) is 10.4. The number of hydrogen-bond donors (Lipinski definition) is 1. The van der Waals surface area contributed by atoms with E-state index in [1.54, 1.807) is 0 Å². The number of nitrogens with zero attached hydrogens (tertiary/aromatic N) is 1. The molecule has 2 aromatic carbocycles. The number of benzene rings is 2. The zero-order valence-corrected chi connectivity index (χ0v) is 14.5. The smallest absolute Gasteiger partial charge is 0.0361 e. The molecular weight excluding hydrogens is 268 g/mol. The second-order valence-corrected chi connectivity index (χ2v) is 6.50. The van der Waals surface area contributed by atoms with Crippen LogP contribution in [0.15, 0.2) is 36.4 Å². The van der Waals surface area contributed by atoms with Crippen LogP contribution in [0, 0.1) is 20.8 Å². The third-order valence-corrected chi connectivity index (χ3v) is 4.46. The number of nitrogens with two attached hydrogens (primary N) is 1. The predicted octanol–water partition coefficient (Wildman–Crippen LogP) is 3.96. The SMILES string of the molecule is Cc1cc(C)c(CC(CN)c2ccc(N(C)C)cc2)c(C)c1. The molecule has 0 aliphatic carbocycles. The Kier molecular flexibility index (Phi) is 5.25. The summed E-state index contributed by atoms with van der Waals surface area (Å²) in [5.41, 5.74) is 14.1. The molecule has 2 aromatic rings. The van der Waals surface area contributed by atoms with E-state index in [1.165, 1.54) is 33.5 Å². The number of rotatable bonds is 5. The Balaban J connectivity index is 2.26. The molecule has 1 unspecified atom stereocenters. The van der Waals surface area contributed by atoms with E-state index in [-0.39, 0.29) is 0 Å².